The fraction of sp³-hybridized carbons (Fsp3) is 0.400. The molecule has 0 spiro atoms. The summed E-state index contributed by atoms with van der Waals surface area (Å²) in [5.74, 6) is -1.72. The van der Waals surface area contributed by atoms with E-state index in [4.69, 9.17) is 18.9 Å². The molecular formula is C20H18N2O10. The molecule has 2 N–H and O–H groups in total. The van der Waals surface area contributed by atoms with Gasteiger partial charge in [0.2, 0.25) is 5.79 Å². The molecule has 2 aromatic rings. The average molecular weight is 446 g/mol. The third-order valence-electron chi connectivity index (χ3n) is 5.88. The zero-order valence-corrected chi connectivity index (χ0v) is 16.5. The highest BCUT2D eigenvalue weighted by molar-refractivity contribution is 5.50. The van der Waals surface area contributed by atoms with E-state index < -0.39 is 50.4 Å². The number of rotatable bonds is 6. The first-order valence-corrected chi connectivity index (χ1v) is 9.82. The van der Waals surface area contributed by atoms with Gasteiger partial charge >= 0.3 is 11.4 Å². The molecule has 4 bridgehead atoms. The molecule has 2 aromatic carbocycles. The number of hydrogen-bond donors (Lipinski definition) is 2. The van der Waals surface area contributed by atoms with Crippen LogP contribution < -0.4 is 9.47 Å². The van der Waals surface area contributed by atoms with Gasteiger partial charge in [-0.1, -0.05) is 0 Å². The lowest BCUT2D eigenvalue weighted by molar-refractivity contribution is -0.411. The highest BCUT2D eigenvalue weighted by atomic mass is 16.8. The Bertz CT molecular complexity index is 1020. The van der Waals surface area contributed by atoms with Gasteiger partial charge in [0.15, 0.2) is 17.8 Å². The number of benzene rings is 2. The Morgan fingerprint density at radius 3 is 2.03 bits per heavy atom. The van der Waals surface area contributed by atoms with Crippen LogP contribution >= 0.6 is 0 Å². The zero-order chi connectivity index (χ0) is 22.7. The smallest absolute Gasteiger partial charge is 0.310 e. The van der Waals surface area contributed by atoms with Crippen molar-refractivity contribution in [1.82, 2.24) is 0 Å². The first-order chi connectivity index (χ1) is 15.2. The first kappa shape index (κ1) is 20.3. The van der Waals surface area contributed by atoms with Gasteiger partial charge in [-0.3, -0.25) is 20.2 Å². The van der Waals surface area contributed by atoms with Crippen LogP contribution in [0.3, 0.4) is 0 Å². The molecule has 4 unspecified atom stereocenters. The fourth-order valence-corrected chi connectivity index (χ4v) is 4.81. The van der Waals surface area contributed by atoms with Crippen LogP contribution in [0.15, 0.2) is 36.4 Å². The van der Waals surface area contributed by atoms with E-state index in [0.29, 0.717) is 19.3 Å². The quantitative estimate of drug-likeness (QED) is 0.497. The van der Waals surface area contributed by atoms with Crippen molar-refractivity contribution < 1.29 is 39.0 Å². The van der Waals surface area contributed by atoms with Crippen LogP contribution in [0.5, 0.6) is 23.0 Å². The Balaban J connectivity index is 1.41. The van der Waals surface area contributed by atoms with Gasteiger partial charge in [0, 0.05) is 43.5 Å². The zero-order valence-electron chi connectivity index (χ0n) is 16.5. The normalized spacial score (nSPS) is 30.1. The summed E-state index contributed by atoms with van der Waals surface area (Å²) in [5, 5.41) is 41.7. The van der Waals surface area contributed by atoms with Crippen molar-refractivity contribution >= 4 is 11.4 Å². The maximum atomic E-state index is 10.9. The lowest BCUT2D eigenvalue weighted by Crippen LogP contribution is -2.68. The molecule has 1 aliphatic carbocycles. The van der Waals surface area contributed by atoms with Crippen molar-refractivity contribution in [3.05, 3.63) is 56.6 Å². The molecule has 32 heavy (non-hydrogen) atoms. The van der Waals surface area contributed by atoms with Gasteiger partial charge in [-0.2, -0.15) is 0 Å². The lowest BCUT2D eigenvalue weighted by atomic mass is 9.72. The number of phenolic OH excluding ortho intramolecular Hbond substituents is 2. The Hall–Kier alpha value is -3.64. The molecule has 4 atom stereocenters. The van der Waals surface area contributed by atoms with E-state index in [1.807, 2.05) is 0 Å². The lowest BCUT2D eigenvalue weighted by Gasteiger charge is -2.59. The number of nitrogens with zero attached hydrogens (tertiary/aromatic N) is 2. The summed E-state index contributed by atoms with van der Waals surface area (Å²) in [5.41, 5.74) is -1.63. The Morgan fingerprint density at radius 2 is 1.50 bits per heavy atom. The fourth-order valence-electron chi connectivity index (χ4n) is 4.81. The van der Waals surface area contributed by atoms with Gasteiger partial charge < -0.3 is 29.2 Å². The highest BCUT2D eigenvalue weighted by Gasteiger charge is 2.63. The second kappa shape index (κ2) is 6.93. The van der Waals surface area contributed by atoms with Crippen molar-refractivity contribution in [2.45, 2.75) is 49.5 Å². The topological polar surface area (TPSA) is 164 Å². The van der Waals surface area contributed by atoms with Gasteiger partial charge in [-0.15, -0.1) is 0 Å². The number of nitro groups is 2. The molecule has 3 aliphatic heterocycles. The van der Waals surface area contributed by atoms with Gasteiger partial charge in [0.25, 0.3) is 0 Å². The van der Waals surface area contributed by atoms with Crippen molar-refractivity contribution in [2.75, 3.05) is 0 Å². The van der Waals surface area contributed by atoms with Crippen LogP contribution in [-0.4, -0.2) is 43.8 Å². The Kier molecular flexibility index (Phi) is 4.39. The monoisotopic (exact) mass is 446 g/mol. The van der Waals surface area contributed by atoms with Crippen molar-refractivity contribution in [3.8, 4) is 23.0 Å². The second-order valence-corrected chi connectivity index (χ2v) is 8.21. The predicted octanol–water partition coefficient (Wildman–Crippen LogP) is 3.14. The average Bonchev–Trinajstić information content (AvgIpc) is 2.65. The minimum Gasteiger partial charge on any atom is -0.502 e. The molecule has 3 heterocycles. The van der Waals surface area contributed by atoms with E-state index in [1.165, 1.54) is 24.3 Å². The van der Waals surface area contributed by atoms with E-state index in [2.05, 4.69) is 0 Å². The number of hydrogen-bond acceptors (Lipinski definition) is 10. The summed E-state index contributed by atoms with van der Waals surface area (Å²) >= 11 is 0. The van der Waals surface area contributed by atoms with Crippen LogP contribution in [0.4, 0.5) is 11.4 Å². The summed E-state index contributed by atoms with van der Waals surface area (Å²) in [6.45, 7) is 0. The van der Waals surface area contributed by atoms with Crippen LogP contribution in [-0.2, 0) is 9.47 Å². The largest absolute Gasteiger partial charge is 0.502 e. The molecule has 1 saturated carbocycles. The van der Waals surface area contributed by atoms with Gasteiger partial charge in [-0.25, -0.2) is 0 Å². The summed E-state index contributed by atoms with van der Waals surface area (Å²) in [6, 6.07) is 7.46. The van der Waals surface area contributed by atoms with Gasteiger partial charge in [-0.05, 0) is 12.1 Å². The molecule has 0 amide bonds. The Morgan fingerprint density at radius 1 is 0.906 bits per heavy atom. The van der Waals surface area contributed by atoms with E-state index in [1.54, 1.807) is 0 Å². The molecule has 4 fully saturated rings. The SMILES string of the molecule is O=[N+]([O-])c1ccc(OC23CC4CC(Oc5ccc([N+](=O)[O-])c(O)c5)(C2)OC(C3)O4)cc1O. The molecule has 12 heteroatoms. The molecule has 0 aromatic heterocycles. The summed E-state index contributed by atoms with van der Waals surface area (Å²) in [7, 11) is 0. The molecule has 0 radical (unpaired) electrons. The molecule has 12 nitrogen and oxygen atoms in total. The summed E-state index contributed by atoms with van der Waals surface area (Å²) < 4.78 is 24.1. The standard InChI is InChI=1S/C20H18N2O10/c23-16-5-11(1-3-14(16)21(25)26)30-19-7-13-8-20(10-19,32-18(9-19)29-13)31-12-2-4-15(22(27)28)17(24)6-12/h1-6,13,18,23-24H,7-10H2. The van der Waals surface area contributed by atoms with E-state index >= 15 is 0 Å². The van der Waals surface area contributed by atoms with Crippen LogP contribution in [0.2, 0.25) is 0 Å². The second-order valence-electron chi connectivity index (χ2n) is 8.21. The van der Waals surface area contributed by atoms with Crippen molar-refractivity contribution in [1.29, 1.82) is 0 Å². The van der Waals surface area contributed by atoms with Crippen LogP contribution in [0, 0.1) is 20.2 Å². The van der Waals surface area contributed by atoms with E-state index in [9.17, 15) is 30.4 Å². The minimum atomic E-state index is -1.14. The highest BCUT2D eigenvalue weighted by Crippen LogP contribution is 2.54. The third kappa shape index (κ3) is 3.42. The number of nitro benzene ring substituents is 2. The number of phenols is 2. The maximum absolute atomic E-state index is 10.9. The van der Waals surface area contributed by atoms with Crippen LogP contribution in [0.25, 0.3) is 0 Å². The molecule has 168 valence electrons. The van der Waals surface area contributed by atoms with Gasteiger partial charge in [0.1, 0.15) is 17.1 Å². The number of ether oxygens (including phenoxy) is 4. The molecule has 6 rings (SSSR count). The molecule has 3 saturated heterocycles. The Labute approximate surface area is 180 Å². The summed E-state index contributed by atoms with van der Waals surface area (Å²) in [6.07, 6.45) is 0.729. The van der Waals surface area contributed by atoms with Gasteiger partial charge in [0.05, 0.1) is 22.4 Å². The maximum Gasteiger partial charge on any atom is 0.310 e. The van der Waals surface area contributed by atoms with E-state index in [-0.39, 0.29) is 24.0 Å². The van der Waals surface area contributed by atoms with E-state index in [0.717, 1.165) is 12.1 Å². The predicted molar refractivity (Wildman–Crippen MR) is 104 cm³/mol. The molecular weight excluding hydrogens is 428 g/mol. The minimum absolute atomic E-state index is 0.193. The van der Waals surface area contributed by atoms with Crippen LogP contribution in [0.1, 0.15) is 25.7 Å². The molecule has 4 aliphatic rings. The van der Waals surface area contributed by atoms with Crippen molar-refractivity contribution in [2.24, 2.45) is 0 Å². The number of aromatic hydroxyl groups is 2. The van der Waals surface area contributed by atoms with Crippen molar-refractivity contribution in [3.63, 3.8) is 0 Å². The first-order valence-electron chi connectivity index (χ1n) is 9.82. The summed E-state index contributed by atoms with van der Waals surface area (Å²) in [4.78, 5) is 20.5. The third-order valence-corrected chi connectivity index (χ3v) is 5.88.